The van der Waals surface area contributed by atoms with E-state index in [1.165, 1.54) is 18.4 Å². The van der Waals surface area contributed by atoms with Gasteiger partial charge in [-0.1, -0.05) is 30.3 Å². The molecule has 7 nitrogen and oxygen atoms in total. The molecule has 0 atom stereocenters. The average Bonchev–Trinajstić information content (AvgIpc) is 3.24. The Labute approximate surface area is 167 Å². The molecule has 0 fully saturated rings. The number of hydrogen-bond acceptors (Lipinski definition) is 5. The van der Waals surface area contributed by atoms with E-state index in [0.29, 0.717) is 5.69 Å². The lowest BCUT2D eigenvalue weighted by Gasteiger charge is -2.12. The summed E-state index contributed by atoms with van der Waals surface area (Å²) in [5.41, 5.74) is 2.91. The first kappa shape index (κ1) is 19.9. The molecule has 2 N–H and O–H groups in total. The van der Waals surface area contributed by atoms with Gasteiger partial charge < -0.3 is 19.8 Å². The lowest BCUT2D eigenvalue weighted by Crippen LogP contribution is -2.22. The number of anilines is 2. The molecule has 0 bridgehead atoms. The molecule has 148 valence electrons. The van der Waals surface area contributed by atoms with Gasteiger partial charge in [0.1, 0.15) is 0 Å². The van der Waals surface area contributed by atoms with Gasteiger partial charge in [0, 0.05) is 5.69 Å². The van der Waals surface area contributed by atoms with Crippen LogP contribution in [0.4, 0.5) is 11.4 Å². The third-order valence-corrected chi connectivity index (χ3v) is 4.22. The summed E-state index contributed by atoms with van der Waals surface area (Å²) >= 11 is 0. The van der Waals surface area contributed by atoms with Gasteiger partial charge >= 0.3 is 5.97 Å². The molecule has 0 spiro atoms. The van der Waals surface area contributed by atoms with Gasteiger partial charge in [0.25, 0.3) is 11.8 Å². The SMILES string of the molecule is Cc1cccc(C)c1NC(=O)COC(=O)c1ccccc1NC(=O)c1ccco1. The molecule has 0 aliphatic carbocycles. The molecule has 0 saturated carbocycles. The molecule has 3 rings (SSSR count). The zero-order valence-electron chi connectivity index (χ0n) is 16.0. The Morgan fingerprint density at radius 2 is 1.62 bits per heavy atom. The third kappa shape index (κ3) is 4.90. The van der Waals surface area contributed by atoms with Crippen LogP contribution in [0.3, 0.4) is 0 Å². The Morgan fingerprint density at radius 3 is 2.31 bits per heavy atom. The van der Waals surface area contributed by atoms with Crippen LogP contribution in [0.5, 0.6) is 0 Å². The van der Waals surface area contributed by atoms with Crippen LogP contribution in [0.15, 0.2) is 65.3 Å². The van der Waals surface area contributed by atoms with Crippen LogP contribution in [0.2, 0.25) is 0 Å². The van der Waals surface area contributed by atoms with Gasteiger partial charge in [-0.25, -0.2) is 4.79 Å². The fourth-order valence-electron chi connectivity index (χ4n) is 2.76. The number of rotatable bonds is 6. The van der Waals surface area contributed by atoms with Gasteiger partial charge in [-0.05, 0) is 49.2 Å². The van der Waals surface area contributed by atoms with Gasteiger partial charge in [0.2, 0.25) is 0 Å². The van der Waals surface area contributed by atoms with Crippen molar-refractivity contribution < 1.29 is 23.5 Å². The number of furan rings is 1. The lowest BCUT2D eigenvalue weighted by atomic mass is 10.1. The van der Waals surface area contributed by atoms with Crippen molar-refractivity contribution in [2.45, 2.75) is 13.8 Å². The first-order valence-electron chi connectivity index (χ1n) is 8.93. The summed E-state index contributed by atoms with van der Waals surface area (Å²) in [6.07, 6.45) is 1.38. The number of para-hydroxylation sites is 2. The van der Waals surface area contributed by atoms with Crippen LogP contribution in [0, 0.1) is 13.8 Å². The summed E-state index contributed by atoms with van der Waals surface area (Å²) in [5.74, 6) is -1.56. The highest BCUT2D eigenvalue weighted by molar-refractivity contribution is 6.07. The summed E-state index contributed by atoms with van der Waals surface area (Å²) in [5, 5.41) is 5.35. The van der Waals surface area contributed by atoms with E-state index in [1.54, 1.807) is 24.3 Å². The topological polar surface area (TPSA) is 97.6 Å². The van der Waals surface area contributed by atoms with Crippen molar-refractivity contribution in [2.24, 2.45) is 0 Å². The van der Waals surface area contributed by atoms with Crippen LogP contribution in [-0.2, 0) is 9.53 Å². The average molecular weight is 392 g/mol. The summed E-state index contributed by atoms with van der Waals surface area (Å²) < 4.78 is 10.2. The second-order valence-corrected chi connectivity index (χ2v) is 6.37. The quantitative estimate of drug-likeness (QED) is 0.619. The second-order valence-electron chi connectivity index (χ2n) is 6.37. The first-order chi connectivity index (χ1) is 14.0. The van der Waals surface area contributed by atoms with E-state index in [1.807, 2.05) is 32.0 Å². The summed E-state index contributed by atoms with van der Waals surface area (Å²) in [7, 11) is 0. The molecule has 1 aromatic heterocycles. The Morgan fingerprint density at radius 1 is 0.897 bits per heavy atom. The fraction of sp³-hybridized carbons (Fsp3) is 0.136. The Hall–Kier alpha value is -3.87. The summed E-state index contributed by atoms with van der Waals surface area (Å²) in [4.78, 5) is 36.8. The summed E-state index contributed by atoms with van der Waals surface area (Å²) in [6, 6.07) is 15.1. The van der Waals surface area contributed by atoms with Crippen molar-refractivity contribution in [2.75, 3.05) is 17.2 Å². The van der Waals surface area contributed by atoms with Crippen LogP contribution in [-0.4, -0.2) is 24.4 Å². The molecule has 0 radical (unpaired) electrons. The van der Waals surface area contributed by atoms with E-state index in [-0.39, 0.29) is 17.0 Å². The third-order valence-electron chi connectivity index (χ3n) is 4.22. The number of amides is 2. The van der Waals surface area contributed by atoms with Crippen LogP contribution >= 0.6 is 0 Å². The molecule has 2 aromatic carbocycles. The summed E-state index contributed by atoms with van der Waals surface area (Å²) in [6.45, 7) is 3.31. The number of benzene rings is 2. The number of esters is 1. The Kier molecular flexibility index (Phi) is 6.09. The van der Waals surface area contributed by atoms with Crippen molar-refractivity contribution >= 4 is 29.2 Å². The molecule has 3 aromatic rings. The van der Waals surface area contributed by atoms with E-state index in [9.17, 15) is 14.4 Å². The van der Waals surface area contributed by atoms with Gasteiger partial charge in [0.15, 0.2) is 12.4 Å². The highest BCUT2D eigenvalue weighted by Gasteiger charge is 2.18. The Bertz CT molecular complexity index is 1020. The number of aryl methyl sites for hydroxylation is 2. The minimum atomic E-state index is -0.725. The fourth-order valence-corrected chi connectivity index (χ4v) is 2.76. The monoisotopic (exact) mass is 392 g/mol. The van der Waals surface area contributed by atoms with Crippen molar-refractivity contribution in [3.63, 3.8) is 0 Å². The maximum atomic E-state index is 12.4. The van der Waals surface area contributed by atoms with Crippen molar-refractivity contribution in [1.29, 1.82) is 0 Å². The van der Waals surface area contributed by atoms with Crippen LogP contribution < -0.4 is 10.6 Å². The maximum Gasteiger partial charge on any atom is 0.340 e. The molecule has 0 saturated heterocycles. The molecule has 2 amide bonds. The molecule has 0 unspecified atom stereocenters. The number of carbonyl (C=O) groups is 3. The normalized spacial score (nSPS) is 10.3. The smallest absolute Gasteiger partial charge is 0.340 e. The largest absolute Gasteiger partial charge is 0.459 e. The molecule has 29 heavy (non-hydrogen) atoms. The van der Waals surface area contributed by atoms with Gasteiger partial charge in [0.05, 0.1) is 17.5 Å². The van der Waals surface area contributed by atoms with E-state index >= 15 is 0 Å². The van der Waals surface area contributed by atoms with Gasteiger partial charge in [-0.15, -0.1) is 0 Å². The van der Waals surface area contributed by atoms with Crippen molar-refractivity contribution in [3.05, 3.63) is 83.3 Å². The molecule has 0 aliphatic heterocycles. The zero-order valence-corrected chi connectivity index (χ0v) is 16.0. The lowest BCUT2D eigenvalue weighted by molar-refractivity contribution is -0.119. The minimum absolute atomic E-state index is 0.112. The van der Waals surface area contributed by atoms with E-state index < -0.39 is 24.4 Å². The second kappa shape index (κ2) is 8.88. The highest BCUT2D eigenvalue weighted by Crippen LogP contribution is 2.20. The van der Waals surface area contributed by atoms with Crippen LogP contribution in [0.1, 0.15) is 32.0 Å². The minimum Gasteiger partial charge on any atom is -0.459 e. The highest BCUT2D eigenvalue weighted by atomic mass is 16.5. The zero-order chi connectivity index (χ0) is 20.8. The molecule has 1 heterocycles. The predicted octanol–water partition coefficient (Wildman–Crippen LogP) is 3.94. The first-order valence-corrected chi connectivity index (χ1v) is 8.93. The van der Waals surface area contributed by atoms with E-state index in [2.05, 4.69) is 10.6 Å². The standard InChI is InChI=1S/C22H20N2O5/c1-14-7-5-8-15(2)20(14)24-19(25)13-29-22(27)16-9-3-4-10-17(16)23-21(26)18-11-6-12-28-18/h3-12H,13H2,1-2H3,(H,23,26)(H,24,25). The van der Waals surface area contributed by atoms with Crippen LogP contribution in [0.25, 0.3) is 0 Å². The number of carbonyl (C=O) groups excluding carboxylic acids is 3. The van der Waals surface area contributed by atoms with Gasteiger partial charge in [-0.2, -0.15) is 0 Å². The predicted molar refractivity (Wildman–Crippen MR) is 108 cm³/mol. The number of hydrogen-bond donors (Lipinski definition) is 2. The number of ether oxygens (including phenoxy) is 1. The Balaban J connectivity index is 1.64. The van der Waals surface area contributed by atoms with Crippen molar-refractivity contribution in [3.8, 4) is 0 Å². The van der Waals surface area contributed by atoms with Gasteiger partial charge in [-0.3, -0.25) is 9.59 Å². The molecular formula is C22H20N2O5. The van der Waals surface area contributed by atoms with E-state index in [4.69, 9.17) is 9.15 Å². The number of nitrogens with one attached hydrogen (secondary N) is 2. The molecule has 7 heteroatoms. The molecule has 0 aliphatic rings. The van der Waals surface area contributed by atoms with E-state index in [0.717, 1.165) is 11.1 Å². The molecular weight excluding hydrogens is 372 g/mol. The van der Waals surface area contributed by atoms with Crippen molar-refractivity contribution in [1.82, 2.24) is 0 Å². The maximum absolute atomic E-state index is 12.4.